The van der Waals surface area contributed by atoms with Crippen molar-refractivity contribution in [2.24, 2.45) is 0 Å². The highest BCUT2D eigenvalue weighted by molar-refractivity contribution is 6.35. The Labute approximate surface area is 179 Å². The predicted molar refractivity (Wildman–Crippen MR) is 106 cm³/mol. The lowest BCUT2D eigenvalue weighted by atomic mass is 9.85. The molecule has 3 rings (SSSR count). The summed E-state index contributed by atoms with van der Waals surface area (Å²) in [4.78, 5) is 36.3. The molecule has 2 aliphatic heterocycles. The summed E-state index contributed by atoms with van der Waals surface area (Å²) >= 11 is 6.29. The lowest BCUT2D eigenvalue weighted by molar-refractivity contribution is -0.221. The van der Waals surface area contributed by atoms with Gasteiger partial charge in [-0.3, -0.25) is 9.63 Å². The van der Waals surface area contributed by atoms with Crippen molar-refractivity contribution >= 4 is 29.2 Å². The molecule has 10 heteroatoms. The summed E-state index contributed by atoms with van der Waals surface area (Å²) in [5.41, 5.74) is -1.12. The fraction of sp³-hybridized carbons (Fsp3) is 0.500. The lowest BCUT2D eigenvalue weighted by Gasteiger charge is -2.42. The van der Waals surface area contributed by atoms with Crippen LogP contribution in [0, 0.1) is 12.7 Å². The number of piperidine rings is 1. The van der Waals surface area contributed by atoms with Gasteiger partial charge in [0.2, 0.25) is 0 Å². The zero-order valence-electron chi connectivity index (χ0n) is 17.3. The van der Waals surface area contributed by atoms with Crippen LogP contribution in [0.5, 0.6) is 0 Å². The summed E-state index contributed by atoms with van der Waals surface area (Å²) in [6.07, 6.45) is -0.346. The molecule has 1 aromatic carbocycles. The summed E-state index contributed by atoms with van der Waals surface area (Å²) in [6.45, 7) is 4.12. The van der Waals surface area contributed by atoms with Crippen LogP contribution in [0.2, 0.25) is 5.02 Å². The van der Waals surface area contributed by atoms with Crippen molar-refractivity contribution in [1.29, 1.82) is 0 Å². The van der Waals surface area contributed by atoms with Gasteiger partial charge in [-0.05, 0) is 38.3 Å². The second-order valence-electron chi connectivity index (χ2n) is 6.97. The van der Waals surface area contributed by atoms with Crippen LogP contribution in [-0.2, 0) is 23.9 Å². The van der Waals surface area contributed by atoms with Crippen LogP contribution in [0.25, 0.3) is 5.57 Å². The van der Waals surface area contributed by atoms with Crippen LogP contribution in [0.15, 0.2) is 17.9 Å². The fourth-order valence-corrected chi connectivity index (χ4v) is 4.17. The van der Waals surface area contributed by atoms with E-state index >= 15 is 4.39 Å². The molecule has 1 amide bonds. The Morgan fingerprint density at radius 3 is 2.47 bits per heavy atom. The molecule has 1 saturated heterocycles. The molecule has 0 saturated carbocycles. The number of rotatable bonds is 5. The summed E-state index contributed by atoms with van der Waals surface area (Å²) in [7, 11) is 2.88. The summed E-state index contributed by atoms with van der Waals surface area (Å²) in [5.74, 6) is -1.35. The van der Waals surface area contributed by atoms with Crippen molar-refractivity contribution in [2.45, 2.75) is 32.2 Å². The number of nitrogens with zero attached hydrogens (tertiary/aromatic N) is 2. The van der Waals surface area contributed by atoms with E-state index in [9.17, 15) is 9.59 Å². The van der Waals surface area contributed by atoms with Gasteiger partial charge in [0.1, 0.15) is 11.4 Å². The van der Waals surface area contributed by atoms with E-state index in [1.165, 1.54) is 19.2 Å². The fourth-order valence-electron chi connectivity index (χ4n) is 3.93. The van der Waals surface area contributed by atoms with E-state index in [0.29, 0.717) is 31.5 Å². The third-order valence-corrected chi connectivity index (χ3v) is 5.72. The molecule has 0 unspecified atom stereocenters. The molecule has 1 fully saturated rings. The summed E-state index contributed by atoms with van der Waals surface area (Å²) < 4.78 is 25.6. The third-order valence-electron chi connectivity index (χ3n) is 5.41. The quantitative estimate of drug-likeness (QED) is 0.646. The molecule has 0 bridgehead atoms. The molecule has 0 N–H and O–H groups in total. The van der Waals surface area contributed by atoms with Crippen molar-refractivity contribution in [3.05, 3.63) is 39.9 Å². The number of halogens is 2. The Morgan fingerprint density at radius 1 is 1.23 bits per heavy atom. The molecule has 164 valence electrons. The number of aryl methyl sites for hydroxylation is 1. The summed E-state index contributed by atoms with van der Waals surface area (Å²) in [5, 5.41) is 2.86. The van der Waals surface area contributed by atoms with Crippen molar-refractivity contribution in [3.8, 4) is 0 Å². The van der Waals surface area contributed by atoms with E-state index in [-0.39, 0.29) is 28.5 Å². The molecular formula is C20H24ClFN2O6. The first-order chi connectivity index (χ1) is 14.3. The van der Waals surface area contributed by atoms with E-state index in [1.807, 2.05) is 0 Å². The van der Waals surface area contributed by atoms with Crippen LogP contribution in [0.3, 0.4) is 0 Å². The molecule has 0 radical (unpaired) electrons. The van der Waals surface area contributed by atoms with Crippen molar-refractivity contribution in [1.82, 2.24) is 10.1 Å². The standard InChI is InChI=1S/C20H24ClFN2O6/c1-5-29-19(26)30-17-15(14-13(21)7-6-12(2)16(14)22)18(25)24(28-4)20(17)8-10-23(27-3)11-9-20/h6-7H,5,8-11H2,1-4H3. The van der Waals surface area contributed by atoms with Gasteiger partial charge in [0.05, 0.1) is 31.4 Å². The van der Waals surface area contributed by atoms with Gasteiger partial charge in [-0.1, -0.05) is 17.7 Å². The number of hydrogen-bond acceptors (Lipinski definition) is 7. The second kappa shape index (κ2) is 8.89. The van der Waals surface area contributed by atoms with E-state index in [4.69, 9.17) is 30.7 Å². The molecule has 30 heavy (non-hydrogen) atoms. The van der Waals surface area contributed by atoms with E-state index in [1.54, 1.807) is 26.0 Å². The van der Waals surface area contributed by atoms with Crippen molar-refractivity contribution < 1.29 is 33.1 Å². The highest BCUT2D eigenvalue weighted by Crippen LogP contribution is 2.48. The van der Waals surface area contributed by atoms with Crippen LogP contribution < -0.4 is 0 Å². The van der Waals surface area contributed by atoms with E-state index in [2.05, 4.69) is 0 Å². The molecule has 1 aromatic rings. The lowest BCUT2D eigenvalue weighted by Crippen LogP contribution is -2.55. The van der Waals surface area contributed by atoms with Gasteiger partial charge in [-0.15, -0.1) is 0 Å². The average Bonchev–Trinajstić information content (AvgIpc) is 2.93. The predicted octanol–water partition coefficient (Wildman–Crippen LogP) is 3.47. The van der Waals surface area contributed by atoms with Gasteiger partial charge in [0, 0.05) is 18.7 Å². The van der Waals surface area contributed by atoms with Gasteiger partial charge >= 0.3 is 6.16 Å². The first-order valence-corrected chi connectivity index (χ1v) is 9.90. The van der Waals surface area contributed by atoms with Crippen LogP contribution in [0.1, 0.15) is 30.9 Å². The number of hydrogen-bond donors (Lipinski definition) is 0. The number of ether oxygens (including phenoxy) is 2. The Hall–Kier alpha value is -2.20. The number of carbonyl (C=O) groups is 2. The van der Waals surface area contributed by atoms with Gasteiger partial charge in [-0.25, -0.2) is 14.2 Å². The number of hydroxylamine groups is 4. The third kappa shape index (κ3) is 3.66. The number of carbonyl (C=O) groups excluding carboxylic acids is 2. The smallest absolute Gasteiger partial charge is 0.434 e. The Balaban J connectivity index is 2.23. The van der Waals surface area contributed by atoms with Gasteiger partial charge < -0.3 is 14.3 Å². The molecule has 1 spiro atoms. The first-order valence-electron chi connectivity index (χ1n) is 9.52. The monoisotopic (exact) mass is 442 g/mol. The Bertz CT molecular complexity index is 882. The zero-order chi connectivity index (χ0) is 22.1. The Kier molecular flexibility index (Phi) is 6.66. The second-order valence-corrected chi connectivity index (χ2v) is 7.37. The van der Waals surface area contributed by atoms with Crippen LogP contribution >= 0.6 is 11.6 Å². The van der Waals surface area contributed by atoms with Crippen LogP contribution in [0.4, 0.5) is 9.18 Å². The van der Waals surface area contributed by atoms with Gasteiger partial charge in [0.15, 0.2) is 5.76 Å². The zero-order valence-corrected chi connectivity index (χ0v) is 18.0. The molecule has 2 heterocycles. The molecular weight excluding hydrogens is 419 g/mol. The normalized spacial score (nSPS) is 19.0. The maximum absolute atomic E-state index is 15.1. The molecule has 2 aliphatic rings. The first kappa shape index (κ1) is 22.5. The van der Waals surface area contributed by atoms with Crippen molar-refractivity contribution in [3.63, 3.8) is 0 Å². The molecule has 0 aliphatic carbocycles. The molecule has 0 atom stereocenters. The minimum absolute atomic E-state index is 0.0221. The number of amides is 1. The topological polar surface area (TPSA) is 77.5 Å². The molecule has 0 aromatic heterocycles. The maximum atomic E-state index is 15.1. The van der Waals surface area contributed by atoms with E-state index in [0.717, 1.165) is 5.06 Å². The summed E-state index contributed by atoms with van der Waals surface area (Å²) in [6, 6.07) is 3.00. The van der Waals surface area contributed by atoms with Crippen LogP contribution in [-0.4, -0.2) is 61.6 Å². The maximum Gasteiger partial charge on any atom is 0.513 e. The number of benzene rings is 1. The average molecular weight is 443 g/mol. The Morgan fingerprint density at radius 2 is 1.90 bits per heavy atom. The minimum atomic E-state index is -1.14. The van der Waals surface area contributed by atoms with Gasteiger partial charge in [0.25, 0.3) is 5.91 Å². The van der Waals surface area contributed by atoms with Crippen molar-refractivity contribution in [2.75, 3.05) is 33.9 Å². The minimum Gasteiger partial charge on any atom is -0.434 e. The molecule has 8 nitrogen and oxygen atoms in total. The largest absolute Gasteiger partial charge is 0.513 e. The highest BCUT2D eigenvalue weighted by Gasteiger charge is 2.57. The van der Waals surface area contributed by atoms with E-state index < -0.39 is 23.4 Å². The van der Waals surface area contributed by atoms with Gasteiger partial charge in [-0.2, -0.15) is 5.06 Å². The SMILES string of the molecule is CCOC(=O)OC1=C(c2c(Cl)ccc(C)c2F)C(=O)N(OC)C12CCN(OC)CC2. The highest BCUT2D eigenvalue weighted by atomic mass is 35.5.